The van der Waals surface area contributed by atoms with E-state index in [-0.39, 0.29) is 11.4 Å². The van der Waals surface area contributed by atoms with E-state index in [0.717, 1.165) is 5.39 Å². The molecule has 3 aromatic rings. The smallest absolute Gasteiger partial charge is 0.339 e. The van der Waals surface area contributed by atoms with Gasteiger partial charge in [0.05, 0.1) is 17.6 Å². The lowest BCUT2D eigenvalue weighted by atomic mass is 10.0. The molecule has 0 saturated carbocycles. The van der Waals surface area contributed by atoms with Gasteiger partial charge in [-0.2, -0.15) is 0 Å². The van der Waals surface area contributed by atoms with Gasteiger partial charge in [-0.15, -0.1) is 0 Å². The summed E-state index contributed by atoms with van der Waals surface area (Å²) in [5.41, 5.74) is 0.393. The number of non-ortho nitro benzene ring substituents is 1. The highest BCUT2D eigenvalue weighted by atomic mass is 16.6. The second kappa shape index (κ2) is 8.17. The predicted octanol–water partition coefficient (Wildman–Crippen LogP) is 3.55. The molecule has 0 aliphatic rings. The third-order valence-electron chi connectivity index (χ3n) is 4.00. The Morgan fingerprint density at radius 1 is 1.04 bits per heavy atom. The van der Waals surface area contributed by atoms with Crippen molar-refractivity contribution in [1.29, 1.82) is 0 Å². The summed E-state index contributed by atoms with van der Waals surface area (Å²) in [4.78, 5) is 34.7. The maximum absolute atomic E-state index is 12.4. The van der Waals surface area contributed by atoms with Crippen molar-refractivity contribution in [2.45, 2.75) is 0 Å². The Hall–Kier alpha value is -3.94. The van der Waals surface area contributed by atoms with E-state index in [1.54, 1.807) is 24.3 Å². The number of methoxy groups -OCH3 is 1. The standard InChI is InChI=1S/C20H16N2O6/c1-27-18-10-9-17(15-7-2-3-8-16(15)18)20(24)28-12-19(23)21-13-5-4-6-14(11-13)22(25)26/h2-11H,12H2,1H3,(H,21,23). The van der Waals surface area contributed by atoms with E-state index in [0.29, 0.717) is 16.7 Å². The molecule has 3 aromatic carbocycles. The van der Waals surface area contributed by atoms with Crippen molar-refractivity contribution in [3.8, 4) is 5.75 Å². The van der Waals surface area contributed by atoms with Crippen LogP contribution in [0.4, 0.5) is 11.4 Å². The van der Waals surface area contributed by atoms with Crippen molar-refractivity contribution in [3.05, 3.63) is 76.3 Å². The molecule has 1 amide bonds. The van der Waals surface area contributed by atoms with Gasteiger partial charge in [0.2, 0.25) is 0 Å². The largest absolute Gasteiger partial charge is 0.496 e. The second-order valence-electron chi connectivity index (χ2n) is 5.79. The van der Waals surface area contributed by atoms with Gasteiger partial charge in [0.25, 0.3) is 11.6 Å². The normalized spacial score (nSPS) is 10.3. The van der Waals surface area contributed by atoms with Gasteiger partial charge in [-0.3, -0.25) is 14.9 Å². The molecule has 0 heterocycles. The number of hydrogen-bond donors (Lipinski definition) is 1. The zero-order valence-corrected chi connectivity index (χ0v) is 14.9. The molecule has 0 aliphatic carbocycles. The fraction of sp³-hybridized carbons (Fsp3) is 0.100. The maximum atomic E-state index is 12.4. The molecule has 3 rings (SSSR count). The van der Waals surface area contributed by atoms with Crippen LogP contribution in [-0.2, 0) is 9.53 Å². The fourth-order valence-corrected chi connectivity index (χ4v) is 2.73. The molecule has 1 N–H and O–H groups in total. The number of nitrogens with zero attached hydrogens (tertiary/aromatic N) is 1. The minimum Gasteiger partial charge on any atom is -0.496 e. The number of rotatable bonds is 6. The average molecular weight is 380 g/mol. The van der Waals surface area contributed by atoms with E-state index >= 15 is 0 Å². The summed E-state index contributed by atoms with van der Waals surface area (Å²) in [5, 5.41) is 14.6. The summed E-state index contributed by atoms with van der Waals surface area (Å²) in [6, 6.07) is 15.9. The highest BCUT2D eigenvalue weighted by molar-refractivity contribution is 6.07. The van der Waals surface area contributed by atoms with Gasteiger partial charge in [-0.05, 0) is 23.6 Å². The van der Waals surface area contributed by atoms with Crippen LogP contribution in [0, 0.1) is 10.1 Å². The molecule has 0 bridgehead atoms. The van der Waals surface area contributed by atoms with Crippen LogP contribution < -0.4 is 10.1 Å². The van der Waals surface area contributed by atoms with Crippen molar-refractivity contribution < 1.29 is 24.0 Å². The van der Waals surface area contributed by atoms with Crippen molar-refractivity contribution in [2.75, 3.05) is 19.0 Å². The highest BCUT2D eigenvalue weighted by Crippen LogP contribution is 2.28. The molecule has 0 radical (unpaired) electrons. The van der Waals surface area contributed by atoms with E-state index in [1.807, 2.05) is 12.1 Å². The molecule has 142 valence electrons. The Bertz CT molecular complexity index is 1060. The number of fused-ring (bicyclic) bond motifs is 1. The number of carbonyl (C=O) groups excluding carboxylic acids is 2. The predicted molar refractivity (Wildman–Crippen MR) is 103 cm³/mol. The third-order valence-corrected chi connectivity index (χ3v) is 4.00. The number of esters is 1. The Morgan fingerprint density at radius 2 is 1.79 bits per heavy atom. The molecule has 0 unspecified atom stereocenters. The Kier molecular flexibility index (Phi) is 5.50. The van der Waals surface area contributed by atoms with Crippen LogP contribution in [0.3, 0.4) is 0 Å². The topological polar surface area (TPSA) is 108 Å². The Morgan fingerprint density at radius 3 is 2.50 bits per heavy atom. The first-order chi connectivity index (χ1) is 13.5. The van der Waals surface area contributed by atoms with Crippen LogP contribution in [0.5, 0.6) is 5.75 Å². The SMILES string of the molecule is COc1ccc(C(=O)OCC(=O)Nc2cccc([N+](=O)[O-])c2)c2ccccc12. The minimum atomic E-state index is -0.659. The number of carbonyl (C=O) groups is 2. The lowest BCUT2D eigenvalue weighted by Gasteiger charge is -2.10. The van der Waals surface area contributed by atoms with Crippen LogP contribution in [0.2, 0.25) is 0 Å². The number of nitrogens with one attached hydrogen (secondary N) is 1. The summed E-state index contributed by atoms with van der Waals surface area (Å²) in [6.07, 6.45) is 0. The number of hydrogen-bond acceptors (Lipinski definition) is 6. The molecule has 8 heteroatoms. The van der Waals surface area contributed by atoms with Gasteiger partial charge < -0.3 is 14.8 Å². The zero-order chi connectivity index (χ0) is 20.1. The number of benzene rings is 3. The van der Waals surface area contributed by atoms with Crippen molar-refractivity contribution in [2.24, 2.45) is 0 Å². The number of amides is 1. The molecule has 0 saturated heterocycles. The summed E-state index contributed by atoms with van der Waals surface area (Å²) < 4.78 is 10.4. The first kappa shape index (κ1) is 18.8. The van der Waals surface area contributed by atoms with Crippen molar-refractivity contribution in [1.82, 2.24) is 0 Å². The molecule has 0 aliphatic heterocycles. The van der Waals surface area contributed by atoms with Gasteiger partial charge in [0.15, 0.2) is 6.61 Å². The number of anilines is 1. The second-order valence-corrected chi connectivity index (χ2v) is 5.79. The minimum absolute atomic E-state index is 0.153. The molecule has 8 nitrogen and oxygen atoms in total. The van der Waals surface area contributed by atoms with Crippen molar-refractivity contribution >= 4 is 34.0 Å². The van der Waals surface area contributed by atoms with E-state index in [2.05, 4.69) is 5.32 Å². The highest BCUT2D eigenvalue weighted by Gasteiger charge is 2.16. The first-order valence-electron chi connectivity index (χ1n) is 8.27. The monoisotopic (exact) mass is 380 g/mol. The zero-order valence-electron chi connectivity index (χ0n) is 14.9. The molecule has 0 spiro atoms. The number of nitro benzene ring substituents is 1. The number of nitro groups is 1. The average Bonchev–Trinajstić information content (AvgIpc) is 2.71. The van der Waals surface area contributed by atoms with E-state index in [9.17, 15) is 19.7 Å². The van der Waals surface area contributed by atoms with Gasteiger partial charge >= 0.3 is 5.97 Å². The van der Waals surface area contributed by atoms with E-state index in [1.165, 1.54) is 31.4 Å². The Balaban J connectivity index is 1.69. The maximum Gasteiger partial charge on any atom is 0.339 e. The van der Waals surface area contributed by atoms with Gasteiger partial charge in [0, 0.05) is 23.2 Å². The van der Waals surface area contributed by atoms with E-state index in [4.69, 9.17) is 9.47 Å². The fourth-order valence-electron chi connectivity index (χ4n) is 2.73. The lowest BCUT2D eigenvalue weighted by Crippen LogP contribution is -2.21. The molecule has 0 aromatic heterocycles. The van der Waals surface area contributed by atoms with Crippen molar-refractivity contribution in [3.63, 3.8) is 0 Å². The summed E-state index contributed by atoms with van der Waals surface area (Å²) in [7, 11) is 1.54. The van der Waals surface area contributed by atoms with Crippen LogP contribution in [0.25, 0.3) is 10.8 Å². The van der Waals surface area contributed by atoms with Crippen LogP contribution >= 0.6 is 0 Å². The van der Waals surface area contributed by atoms with E-state index < -0.39 is 23.4 Å². The molecule has 0 fully saturated rings. The lowest BCUT2D eigenvalue weighted by molar-refractivity contribution is -0.384. The molecule has 28 heavy (non-hydrogen) atoms. The summed E-state index contributed by atoms with van der Waals surface area (Å²) in [6.45, 7) is -0.526. The van der Waals surface area contributed by atoms with Crippen LogP contribution in [0.1, 0.15) is 10.4 Å². The van der Waals surface area contributed by atoms with Crippen LogP contribution in [-0.4, -0.2) is 30.5 Å². The molecule has 0 atom stereocenters. The van der Waals surface area contributed by atoms with Gasteiger partial charge in [-0.25, -0.2) is 4.79 Å². The van der Waals surface area contributed by atoms with Crippen LogP contribution in [0.15, 0.2) is 60.7 Å². The first-order valence-corrected chi connectivity index (χ1v) is 8.27. The van der Waals surface area contributed by atoms with Gasteiger partial charge in [-0.1, -0.05) is 30.3 Å². The quantitative estimate of drug-likeness (QED) is 0.398. The third kappa shape index (κ3) is 4.07. The summed E-state index contributed by atoms with van der Waals surface area (Å²) >= 11 is 0. The van der Waals surface area contributed by atoms with Gasteiger partial charge in [0.1, 0.15) is 5.75 Å². The molecular weight excluding hydrogens is 364 g/mol. The number of ether oxygens (including phenoxy) is 2. The summed E-state index contributed by atoms with van der Waals surface area (Å²) in [5.74, 6) is -0.643. The Labute approximate surface area is 159 Å². The molecular formula is C20H16N2O6.